The van der Waals surface area contributed by atoms with Crippen LogP contribution in [0.4, 0.5) is 5.69 Å². The van der Waals surface area contributed by atoms with Crippen molar-refractivity contribution in [3.05, 3.63) is 53.1 Å². The van der Waals surface area contributed by atoms with E-state index in [0.717, 1.165) is 22.0 Å². The highest BCUT2D eigenvalue weighted by atomic mass is 35.5. The quantitative estimate of drug-likeness (QED) is 0.504. The lowest BCUT2D eigenvalue weighted by atomic mass is 10.2. The number of ether oxygens (including phenoxy) is 1. The Bertz CT molecular complexity index is 560. The minimum atomic E-state index is 0.602. The third-order valence-electron chi connectivity index (χ3n) is 2.68. The summed E-state index contributed by atoms with van der Waals surface area (Å²) in [6, 6.07) is 13.7. The zero-order valence-corrected chi connectivity index (χ0v) is 12.3. The number of thioether (sulfide) groups is 1. The van der Waals surface area contributed by atoms with E-state index in [0.29, 0.717) is 17.3 Å². The summed E-state index contributed by atoms with van der Waals surface area (Å²) in [7, 11) is 0. The lowest BCUT2D eigenvalue weighted by Crippen LogP contribution is -2.01. The zero-order chi connectivity index (χ0) is 13.7. The van der Waals surface area contributed by atoms with Gasteiger partial charge in [0.05, 0.1) is 17.3 Å². The van der Waals surface area contributed by atoms with Crippen molar-refractivity contribution in [2.24, 2.45) is 0 Å². The Morgan fingerprint density at radius 1 is 1.21 bits per heavy atom. The molecule has 0 aromatic heterocycles. The molecule has 4 heteroatoms. The molecule has 0 spiro atoms. The van der Waals surface area contributed by atoms with Gasteiger partial charge in [-0.05, 0) is 36.8 Å². The Labute approximate surface area is 122 Å². The van der Waals surface area contributed by atoms with Crippen LogP contribution >= 0.6 is 23.4 Å². The maximum Gasteiger partial charge on any atom is 0.122 e. The number of para-hydroxylation sites is 1. The van der Waals surface area contributed by atoms with Gasteiger partial charge in [0.2, 0.25) is 0 Å². The molecule has 0 fully saturated rings. The summed E-state index contributed by atoms with van der Waals surface area (Å²) in [5.74, 6) is 1.81. The molecule has 19 heavy (non-hydrogen) atoms. The van der Waals surface area contributed by atoms with Crippen molar-refractivity contribution >= 4 is 29.1 Å². The number of hydrogen-bond acceptors (Lipinski definition) is 3. The van der Waals surface area contributed by atoms with Gasteiger partial charge in [-0.15, -0.1) is 11.8 Å². The molecular weight excluding hydrogens is 278 g/mol. The van der Waals surface area contributed by atoms with Gasteiger partial charge in [0.15, 0.2) is 0 Å². The number of aryl methyl sites for hydroxylation is 1. The van der Waals surface area contributed by atoms with E-state index in [2.05, 4.69) is 0 Å². The fourth-order valence-electron chi connectivity index (χ4n) is 1.63. The summed E-state index contributed by atoms with van der Waals surface area (Å²) < 4.78 is 5.73. The van der Waals surface area contributed by atoms with Gasteiger partial charge in [0.1, 0.15) is 5.75 Å². The Morgan fingerprint density at radius 3 is 2.74 bits per heavy atom. The van der Waals surface area contributed by atoms with Crippen LogP contribution in [0.1, 0.15) is 5.56 Å². The number of rotatable bonds is 5. The van der Waals surface area contributed by atoms with Crippen molar-refractivity contribution in [1.29, 1.82) is 0 Å². The van der Waals surface area contributed by atoms with Crippen molar-refractivity contribution in [3.63, 3.8) is 0 Å². The second-order valence-corrected chi connectivity index (χ2v) is 5.72. The molecule has 0 saturated carbocycles. The van der Waals surface area contributed by atoms with Crippen molar-refractivity contribution in [1.82, 2.24) is 0 Å². The van der Waals surface area contributed by atoms with E-state index in [1.165, 1.54) is 0 Å². The van der Waals surface area contributed by atoms with Crippen LogP contribution in [0, 0.1) is 6.92 Å². The first-order valence-electron chi connectivity index (χ1n) is 6.03. The summed E-state index contributed by atoms with van der Waals surface area (Å²) in [5.41, 5.74) is 7.44. The molecule has 0 unspecified atom stereocenters. The molecule has 0 amide bonds. The Hall–Kier alpha value is -1.32. The van der Waals surface area contributed by atoms with Crippen LogP contribution in [-0.2, 0) is 0 Å². The van der Waals surface area contributed by atoms with Crippen molar-refractivity contribution in [2.45, 2.75) is 11.8 Å². The van der Waals surface area contributed by atoms with Crippen LogP contribution < -0.4 is 10.5 Å². The van der Waals surface area contributed by atoms with Gasteiger partial charge in [0.25, 0.3) is 0 Å². The topological polar surface area (TPSA) is 35.2 Å². The van der Waals surface area contributed by atoms with Gasteiger partial charge in [-0.1, -0.05) is 29.8 Å². The first kappa shape index (κ1) is 14.1. The standard InChI is InChI=1S/C15H16ClNOS/c1-11-4-2-3-5-15(11)18-8-9-19-12-6-7-14(17)13(16)10-12/h2-7,10H,8-9,17H2,1H3. The molecule has 0 atom stereocenters. The first-order valence-corrected chi connectivity index (χ1v) is 7.39. The lowest BCUT2D eigenvalue weighted by Gasteiger charge is -2.08. The normalized spacial score (nSPS) is 10.4. The van der Waals surface area contributed by atoms with Crippen LogP contribution in [0.2, 0.25) is 5.02 Å². The molecule has 2 aromatic carbocycles. The molecule has 2 nitrogen and oxygen atoms in total. The lowest BCUT2D eigenvalue weighted by molar-refractivity contribution is 0.341. The van der Waals surface area contributed by atoms with E-state index in [4.69, 9.17) is 22.1 Å². The van der Waals surface area contributed by atoms with E-state index in [-0.39, 0.29) is 0 Å². The highest BCUT2D eigenvalue weighted by Gasteiger charge is 2.01. The SMILES string of the molecule is Cc1ccccc1OCCSc1ccc(N)c(Cl)c1. The third-order valence-corrected chi connectivity index (χ3v) is 3.96. The molecule has 100 valence electrons. The first-order chi connectivity index (χ1) is 9.16. The molecule has 0 radical (unpaired) electrons. The van der Waals surface area contributed by atoms with E-state index in [1.807, 2.05) is 49.4 Å². The minimum Gasteiger partial charge on any atom is -0.492 e. The summed E-state index contributed by atoms with van der Waals surface area (Å²) in [6.07, 6.45) is 0. The fraction of sp³-hybridized carbons (Fsp3) is 0.200. The molecule has 2 N–H and O–H groups in total. The number of anilines is 1. The Kier molecular flexibility index (Phi) is 5.00. The van der Waals surface area contributed by atoms with E-state index >= 15 is 0 Å². The second-order valence-electron chi connectivity index (χ2n) is 4.15. The van der Waals surface area contributed by atoms with Crippen LogP contribution in [0.5, 0.6) is 5.75 Å². The maximum absolute atomic E-state index is 5.97. The predicted molar refractivity (Wildman–Crippen MR) is 83.3 cm³/mol. The predicted octanol–water partition coefficient (Wildman–Crippen LogP) is 4.40. The minimum absolute atomic E-state index is 0.602. The maximum atomic E-state index is 5.97. The van der Waals surface area contributed by atoms with Crippen molar-refractivity contribution < 1.29 is 4.74 Å². The number of benzene rings is 2. The van der Waals surface area contributed by atoms with Gasteiger partial charge in [-0.2, -0.15) is 0 Å². The second kappa shape index (κ2) is 6.73. The zero-order valence-electron chi connectivity index (χ0n) is 10.7. The summed E-state index contributed by atoms with van der Waals surface area (Å²) in [4.78, 5) is 1.10. The smallest absolute Gasteiger partial charge is 0.122 e. The van der Waals surface area contributed by atoms with Crippen LogP contribution in [0.15, 0.2) is 47.4 Å². The summed E-state index contributed by atoms with van der Waals surface area (Å²) in [5, 5.41) is 0.602. The number of halogens is 1. The average molecular weight is 294 g/mol. The Balaban J connectivity index is 1.81. The van der Waals surface area contributed by atoms with Gasteiger partial charge in [0, 0.05) is 10.6 Å². The van der Waals surface area contributed by atoms with Crippen LogP contribution in [-0.4, -0.2) is 12.4 Å². The average Bonchev–Trinajstić information content (AvgIpc) is 2.40. The van der Waals surface area contributed by atoms with Gasteiger partial charge in [-0.3, -0.25) is 0 Å². The largest absolute Gasteiger partial charge is 0.492 e. The number of nitrogens with two attached hydrogens (primary N) is 1. The molecule has 0 saturated heterocycles. The Morgan fingerprint density at radius 2 is 2.00 bits per heavy atom. The van der Waals surface area contributed by atoms with E-state index in [1.54, 1.807) is 11.8 Å². The molecule has 2 aromatic rings. The molecule has 0 aliphatic rings. The fourth-order valence-corrected chi connectivity index (χ4v) is 2.64. The van der Waals surface area contributed by atoms with E-state index in [9.17, 15) is 0 Å². The van der Waals surface area contributed by atoms with Crippen molar-refractivity contribution in [2.75, 3.05) is 18.1 Å². The van der Waals surface area contributed by atoms with Crippen LogP contribution in [0.3, 0.4) is 0 Å². The van der Waals surface area contributed by atoms with Crippen LogP contribution in [0.25, 0.3) is 0 Å². The molecule has 0 aliphatic carbocycles. The molecule has 0 heterocycles. The van der Waals surface area contributed by atoms with Gasteiger partial charge in [-0.25, -0.2) is 0 Å². The highest BCUT2D eigenvalue weighted by Crippen LogP contribution is 2.26. The third kappa shape index (κ3) is 4.08. The molecule has 0 aliphatic heterocycles. The van der Waals surface area contributed by atoms with Gasteiger partial charge < -0.3 is 10.5 Å². The summed E-state index contributed by atoms with van der Waals surface area (Å²) in [6.45, 7) is 2.71. The van der Waals surface area contributed by atoms with Crippen molar-refractivity contribution in [3.8, 4) is 5.75 Å². The number of nitrogen functional groups attached to an aromatic ring is 1. The monoisotopic (exact) mass is 293 g/mol. The molecular formula is C15H16ClNOS. The molecule has 2 rings (SSSR count). The summed E-state index contributed by atoms with van der Waals surface area (Å²) >= 11 is 7.68. The van der Waals surface area contributed by atoms with E-state index < -0.39 is 0 Å². The number of hydrogen-bond donors (Lipinski definition) is 1. The molecule has 0 bridgehead atoms. The highest BCUT2D eigenvalue weighted by molar-refractivity contribution is 7.99. The van der Waals surface area contributed by atoms with Gasteiger partial charge >= 0.3 is 0 Å².